The Balaban J connectivity index is 2.00. The van der Waals surface area contributed by atoms with Crippen molar-refractivity contribution in [1.82, 2.24) is 10.3 Å². The fourth-order valence-electron chi connectivity index (χ4n) is 1.96. The number of benzene rings is 1. The molecule has 20 heavy (non-hydrogen) atoms. The summed E-state index contributed by atoms with van der Waals surface area (Å²) in [6, 6.07) is 10.2. The summed E-state index contributed by atoms with van der Waals surface area (Å²) in [4.78, 5) is 16.3. The van der Waals surface area contributed by atoms with Crippen molar-refractivity contribution >= 4 is 17.2 Å². The summed E-state index contributed by atoms with van der Waals surface area (Å²) < 4.78 is 0. The highest BCUT2D eigenvalue weighted by atomic mass is 32.1. The lowest BCUT2D eigenvalue weighted by atomic mass is 9.94. The van der Waals surface area contributed by atoms with Crippen LogP contribution in [-0.2, 0) is 6.54 Å². The number of hydrogen-bond donors (Lipinski definition) is 2. The van der Waals surface area contributed by atoms with Crippen LogP contribution in [0, 0.1) is 0 Å². The van der Waals surface area contributed by atoms with Crippen LogP contribution in [-0.4, -0.2) is 16.9 Å². The van der Waals surface area contributed by atoms with E-state index in [2.05, 4.69) is 29.4 Å². The second-order valence-electron chi connectivity index (χ2n) is 4.79. The second kappa shape index (κ2) is 6.63. The zero-order valence-corrected chi connectivity index (χ0v) is 12.5. The standard InChI is InChI=1S/C15H19N3OS/c1-10(12-6-4-3-5-7-12)11(2)17-15(19)13-9-20-14(8-16)18-13/h3-7,9-11H,8,16H2,1-2H3,(H,17,19). The minimum Gasteiger partial charge on any atom is -0.348 e. The van der Waals surface area contributed by atoms with Crippen molar-refractivity contribution in [2.75, 3.05) is 0 Å². The first-order chi connectivity index (χ1) is 9.61. The van der Waals surface area contributed by atoms with Gasteiger partial charge >= 0.3 is 0 Å². The Hall–Kier alpha value is -1.72. The molecule has 2 rings (SSSR count). The molecule has 0 bridgehead atoms. The van der Waals surface area contributed by atoms with Crippen LogP contribution in [0.1, 0.15) is 40.8 Å². The van der Waals surface area contributed by atoms with Crippen LogP contribution in [0.2, 0.25) is 0 Å². The van der Waals surface area contributed by atoms with Gasteiger partial charge in [0, 0.05) is 23.9 Å². The van der Waals surface area contributed by atoms with Gasteiger partial charge in [0.15, 0.2) is 0 Å². The summed E-state index contributed by atoms with van der Waals surface area (Å²) in [6.45, 7) is 4.48. The summed E-state index contributed by atoms with van der Waals surface area (Å²) in [5.41, 5.74) is 7.16. The van der Waals surface area contributed by atoms with Crippen molar-refractivity contribution < 1.29 is 4.79 Å². The van der Waals surface area contributed by atoms with Crippen molar-refractivity contribution in [2.24, 2.45) is 5.73 Å². The van der Waals surface area contributed by atoms with Crippen LogP contribution in [0.15, 0.2) is 35.7 Å². The number of hydrogen-bond acceptors (Lipinski definition) is 4. The molecule has 0 saturated heterocycles. The molecule has 106 valence electrons. The number of carbonyl (C=O) groups excluding carboxylic acids is 1. The van der Waals surface area contributed by atoms with Crippen molar-refractivity contribution in [3.63, 3.8) is 0 Å². The average molecular weight is 289 g/mol. The molecule has 2 unspecified atom stereocenters. The molecule has 0 aliphatic rings. The van der Waals surface area contributed by atoms with Crippen LogP contribution in [0.25, 0.3) is 0 Å². The highest BCUT2D eigenvalue weighted by Crippen LogP contribution is 2.19. The molecule has 4 nitrogen and oxygen atoms in total. The van der Waals surface area contributed by atoms with Crippen LogP contribution in [0.4, 0.5) is 0 Å². The highest BCUT2D eigenvalue weighted by molar-refractivity contribution is 7.09. The predicted octanol–water partition coefficient (Wildman–Crippen LogP) is 2.52. The molecule has 1 aromatic carbocycles. The number of nitrogens with zero attached hydrogens (tertiary/aromatic N) is 1. The molecule has 1 heterocycles. The molecule has 3 N–H and O–H groups in total. The van der Waals surface area contributed by atoms with Crippen LogP contribution < -0.4 is 11.1 Å². The molecule has 0 aliphatic carbocycles. The van der Waals surface area contributed by atoms with Crippen molar-refractivity contribution in [1.29, 1.82) is 0 Å². The summed E-state index contributed by atoms with van der Waals surface area (Å²) >= 11 is 1.41. The van der Waals surface area contributed by atoms with E-state index in [0.29, 0.717) is 12.2 Å². The zero-order chi connectivity index (χ0) is 14.5. The smallest absolute Gasteiger partial charge is 0.270 e. The third-order valence-corrected chi connectivity index (χ3v) is 4.26. The Labute approximate surface area is 123 Å². The minimum absolute atomic E-state index is 0.0351. The molecular weight excluding hydrogens is 270 g/mol. The van der Waals surface area contributed by atoms with E-state index < -0.39 is 0 Å². The first kappa shape index (κ1) is 14.7. The fraction of sp³-hybridized carbons (Fsp3) is 0.333. The van der Waals surface area contributed by atoms with Gasteiger partial charge in [-0.05, 0) is 12.5 Å². The number of thiazole rings is 1. The van der Waals surface area contributed by atoms with Gasteiger partial charge in [-0.25, -0.2) is 4.98 Å². The van der Waals surface area contributed by atoms with Gasteiger partial charge in [0.2, 0.25) is 0 Å². The summed E-state index contributed by atoms with van der Waals surface area (Å²) in [6.07, 6.45) is 0. The molecule has 1 aromatic heterocycles. The number of carbonyl (C=O) groups is 1. The Morgan fingerprint density at radius 3 is 2.65 bits per heavy atom. The number of amides is 1. The van der Waals surface area contributed by atoms with Crippen LogP contribution in [0.5, 0.6) is 0 Å². The van der Waals surface area contributed by atoms with Gasteiger partial charge in [-0.3, -0.25) is 4.79 Å². The summed E-state index contributed by atoms with van der Waals surface area (Å²) in [7, 11) is 0. The number of aromatic nitrogens is 1. The Morgan fingerprint density at radius 2 is 2.05 bits per heavy atom. The molecule has 0 saturated carbocycles. The van der Waals surface area contributed by atoms with Crippen molar-refractivity contribution in [2.45, 2.75) is 32.4 Å². The molecule has 0 aliphatic heterocycles. The molecule has 0 radical (unpaired) electrons. The molecule has 5 heteroatoms. The molecule has 0 spiro atoms. The van der Waals surface area contributed by atoms with Gasteiger partial charge in [0.1, 0.15) is 10.7 Å². The zero-order valence-electron chi connectivity index (χ0n) is 11.7. The van der Waals surface area contributed by atoms with E-state index in [1.54, 1.807) is 5.38 Å². The minimum atomic E-state index is -0.142. The Bertz CT molecular complexity index is 568. The molecule has 2 atom stereocenters. The summed E-state index contributed by atoms with van der Waals surface area (Å²) in [5.74, 6) is 0.101. The quantitative estimate of drug-likeness (QED) is 0.888. The first-order valence-corrected chi connectivity index (χ1v) is 7.50. The maximum atomic E-state index is 12.1. The van der Waals surface area contributed by atoms with E-state index >= 15 is 0 Å². The second-order valence-corrected chi connectivity index (χ2v) is 5.73. The SMILES string of the molecule is CC(NC(=O)c1csc(CN)n1)C(C)c1ccccc1. The van der Waals surface area contributed by atoms with Crippen LogP contribution in [0.3, 0.4) is 0 Å². The van der Waals surface area contributed by atoms with Gasteiger partial charge in [-0.1, -0.05) is 37.3 Å². The third-order valence-electron chi connectivity index (χ3n) is 3.39. The Kier molecular flexibility index (Phi) is 4.87. The van der Waals surface area contributed by atoms with Crippen molar-refractivity contribution in [3.05, 3.63) is 52.0 Å². The molecule has 2 aromatic rings. The van der Waals surface area contributed by atoms with Gasteiger partial charge in [0.25, 0.3) is 5.91 Å². The predicted molar refractivity (Wildman–Crippen MR) is 81.8 cm³/mol. The fourth-order valence-corrected chi connectivity index (χ4v) is 2.61. The van der Waals surface area contributed by atoms with E-state index in [-0.39, 0.29) is 17.9 Å². The maximum Gasteiger partial charge on any atom is 0.270 e. The van der Waals surface area contributed by atoms with Crippen molar-refractivity contribution in [3.8, 4) is 0 Å². The third kappa shape index (κ3) is 3.43. The number of nitrogens with two attached hydrogens (primary N) is 1. The largest absolute Gasteiger partial charge is 0.348 e. The number of nitrogens with one attached hydrogen (secondary N) is 1. The first-order valence-electron chi connectivity index (χ1n) is 6.62. The van der Waals surface area contributed by atoms with E-state index in [1.807, 2.05) is 25.1 Å². The lowest BCUT2D eigenvalue weighted by molar-refractivity contribution is 0.0931. The van der Waals surface area contributed by atoms with Gasteiger partial charge in [0.05, 0.1) is 0 Å². The number of rotatable bonds is 5. The molecular formula is C15H19N3OS. The lowest BCUT2D eigenvalue weighted by Crippen LogP contribution is -2.36. The lowest BCUT2D eigenvalue weighted by Gasteiger charge is -2.21. The molecule has 0 fully saturated rings. The van der Waals surface area contributed by atoms with Gasteiger partial charge < -0.3 is 11.1 Å². The topological polar surface area (TPSA) is 68.0 Å². The van der Waals surface area contributed by atoms with Crippen LogP contribution >= 0.6 is 11.3 Å². The normalized spacial score (nSPS) is 13.8. The van der Waals surface area contributed by atoms with E-state index in [4.69, 9.17) is 5.73 Å². The van der Waals surface area contributed by atoms with E-state index in [0.717, 1.165) is 5.01 Å². The molecule has 1 amide bonds. The van der Waals surface area contributed by atoms with E-state index in [1.165, 1.54) is 16.9 Å². The van der Waals surface area contributed by atoms with E-state index in [9.17, 15) is 4.79 Å². The monoisotopic (exact) mass is 289 g/mol. The van der Waals surface area contributed by atoms with Gasteiger partial charge in [-0.15, -0.1) is 11.3 Å². The highest BCUT2D eigenvalue weighted by Gasteiger charge is 2.18. The summed E-state index contributed by atoms with van der Waals surface area (Å²) in [5, 5.41) is 5.52. The Morgan fingerprint density at radius 1 is 1.35 bits per heavy atom. The van der Waals surface area contributed by atoms with Gasteiger partial charge in [-0.2, -0.15) is 0 Å². The average Bonchev–Trinajstić information content (AvgIpc) is 2.96. The maximum absolute atomic E-state index is 12.1.